The van der Waals surface area contributed by atoms with Crippen LogP contribution >= 0.6 is 0 Å². The number of carbonyl (C=O) groups excluding carboxylic acids is 2. The van der Waals surface area contributed by atoms with Gasteiger partial charge in [0.25, 0.3) is 0 Å². The van der Waals surface area contributed by atoms with Crippen LogP contribution in [-0.4, -0.2) is 65.3 Å². The van der Waals surface area contributed by atoms with Crippen LogP contribution in [0, 0.1) is 38.5 Å². The van der Waals surface area contributed by atoms with Gasteiger partial charge in [0.05, 0.1) is 20.3 Å². The summed E-state index contributed by atoms with van der Waals surface area (Å²) in [5.74, 6) is -2.06. The molecule has 8 bridgehead atoms. The Bertz CT molecular complexity index is 2040. The molecular weight excluding hydrogens is 593 g/mol. The number of methoxy groups -OCH3 is 2. The summed E-state index contributed by atoms with van der Waals surface area (Å²) in [4.78, 5) is 39.4. The second-order valence-corrected chi connectivity index (χ2v) is 12.3. The minimum Gasteiger partial charge on any atom is -0.657 e. The molecule has 5 heterocycles. The smallest absolute Gasteiger partial charge is 0.657 e. The number of hydrogen-bond acceptors (Lipinski definition) is 6. The van der Waals surface area contributed by atoms with Gasteiger partial charge < -0.3 is 34.8 Å². The Labute approximate surface area is 284 Å². The van der Waals surface area contributed by atoms with Gasteiger partial charge in [0.2, 0.25) is 0 Å². The van der Waals surface area contributed by atoms with E-state index in [4.69, 9.17) is 19.4 Å². The Kier molecular flexibility index (Phi) is 9.25. The van der Waals surface area contributed by atoms with Gasteiger partial charge in [-0.15, -0.1) is 21.7 Å². The number of H-pyrrole nitrogens is 1. The Balaban J connectivity index is 0.00000417. The van der Waals surface area contributed by atoms with Gasteiger partial charge in [0, 0.05) is 40.2 Å². The zero-order valence-electron chi connectivity index (χ0n) is 27.6. The van der Waals surface area contributed by atoms with E-state index in [0.29, 0.717) is 28.3 Å². The molecule has 9 nitrogen and oxygen atoms in total. The van der Waals surface area contributed by atoms with Crippen LogP contribution in [0.4, 0.5) is 0 Å². The van der Waals surface area contributed by atoms with Crippen molar-refractivity contribution in [3.63, 3.8) is 0 Å². The fourth-order valence-electron chi connectivity index (χ4n) is 7.49. The van der Waals surface area contributed by atoms with Crippen LogP contribution in [0.15, 0.2) is 12.3 Å². The van der Waals surface area contributed by atoms with Gasteiger partial charge in [0.1, 0.15) is 11.7 Å². The molecule has 3 aliphatic rings. The number of rotatable bonds is 6. The Hall–Kier alpha value is -3.89. The van der Waals surface area contributed by atoms with Crippen molar-refractivity contribution >= 4 is 70.6 Å². The number of ether oxygens (including phenoxy) is 2. The number of aliphatic hydroxyl groups is 1. The summed E-state index contributed by atoms with van der Waals surface area (Å²) in [5, 5.41) is 18.2. The summed E-state index contributed by atoms with van der Waals surface area (Å²) >= 11 is 0. The molecule has 0 saturated carbocycles. The third-order valence-electron chi connectivity index (χ3n) is 10.1. The predicted octanol–water partition coefficient (Wildman–Crippen LogP) is 1.49. The van der Waals surface area contributed by atoms with E-state index in [9.17, 15) is 14.7 Å². The zero-order chi connectivity index (χ0) is 32.3. The second kappa shape index (κ2) is 12.7. The van der Waals surface area contributed by atoms with Crippen molar-refractivity contribution < 1.29 is 24.2 Å². The number of aliphatic hydroxyl groups excluding tert-OH is 1. The summed E-state index contributed by atoms with van der Waals surface area (Å²) < 4.78 is 10.2. The molecule has 0 aromatic carbocycles. The van der Waals surface area contributed by atoms with E-state index >= 15 is 0 Å². The summed E-state index contributed by atoms with van der Waals surface area (Å²) in [6.07, 6.45) is 9.54. The number of fused-ring (bicyclic) bond motifs is 8. The molecule has 1 aliphatic carbocycles. The second-order valence-electron chi connectivity index (χ2n) is 12.3. The van der Waals surface area contributed by atoms with Crippen molar-refractivity contribution in [2.45, 2.75) is 59.9 Å². The van der Waals surface area contributed by atoms with Gasteiger partial charge in [-0.05, 0) is 56.7 Å². The number of allylic oxidation sites excluding steroid dienone is 1. The summed E-state index contributed by atoms with van der Waals surface area (Å²) in [5.41, 5.74) is 9.19. The van der Waals surface area contributed by atoms with E-state index < -0.39 is 17.9 Å². The van der Waals surface area contributed by atoms with E-state index in [2.05, 4.69) is 56.7 Å². The largest absolute Gasteiger partial charge is 2.00 e. The van der Waals surface area contributed by atoms with Gasteiger partial charge in [-0.25, -0.2) is 0 Å². The van der Waals surface area contributed by atoms with Crippen molar-refractivity contribution in [3.8, 4) is 0 Å². The van der Waals surface area contributed by atoms with Crippen molar-refractivity contribution in [2.24, 2.45) is 17.8 Å². The first-order chi connectivity index (χ1) is 21.5. The first-order valence-corrected chi connectivity index (χ1v) is 15.5. The normalized spacial score (nSPS) is 23.7. The molecule has 0 amide bonds. The fourth-order valence-corrected chi connectivity index (χ4v) is 7.49. The standard InChI is InChI=1S/C36H40N4O5.Mg/c1-9-20-16(3)23-13-25-18(5)22(11-12-29(41)44-7)33(39-25)31-32(36(43)45-8)35(42)30-19(6)26(40-34(30)31)15-28-21(10-2)17(4)24(38-28)14-27(20)37-23;/h9,13-15,18,22,32-33,37,39,42H,1,10-12H2,2-8H3;/q-2;+2/b24-14-,25-13-,28-15-;/t18-,22-,32+,33?;/m0./s1. The molecule has 6 rings (SSSR count). The minimum absolute atomic E-state index is 0. The molecule has 236 valence electrons. The molecule has 10 heteroatoms. The third kappa shape index (κ3) is 5.15. The molecule has 1 fully saturated rings. The van der Waals surface area contributed by atoms with Gasteiger partial charge >= 0.3 is 35.0 Å². The molecule has 2 aliphatic heterocycles. The quantitative estimate of drug-likeness (QED) is 0.276. The first-order valence-electron chi connectivity index (χ1n) is 15.5. The van der Waals surface area contributed by atoms with Gasteiger partial charge in [0.15, 0.2) is 0 Å². The molecule has 46 heavy (non-hydrogen) atoms. The van der Waals surface area contributed by atoms with Crippen LogP contribution in [0.1, 0.15) is 71.6 Å². The Morgan fingerprint density at radius 3 is 2.41 bits per heavy atom. The topological polar surface area (TPSA) is 129 Å². The van der Waals surface area contributed by atoms with Crippen molar-refractivity contribution in [1.29, 1.82) is 0 Å². The number of nitrogens with zero attached hydrogens (tertiary/aromatic N) is 2. The van der Waals surface area contributed by atoms with Crippen molar-refractivity contribution in [1.82, 2.24) is 20.3 Å². The van der Waals surface area contributed by atoms with Crippen LogP contribution in [0.2, 0.25) is 0 Å². The Morgan fingerprint density at radius 1 is 1.02 bits per heavy atom. The summed E-state index contributed by atoms with van der Waals surface area (Å²) in [6.45, 7) is 14.4. The monoisotopic (exact) mass is 632 g/mol. The predicted molar refractivity (Wildman–Crippen MR) is 179 cm³/mol. The molecule has 3 aromatic heterocycles. The maximum atomic E-state index is 13.3. The van der Waals surface area contributed by atoms with Gasteiger partial charge in [-0.1, -0.05) is 55.3 Å². The average Bonchev–Trinajstić information content (AvgIpc) is 3.76. The van der Waals surface area contributed by atoms with E-state index in [1.165, 1.54) is 14.2 Å². The van der Waals surface area contributed by atoms with Gasteiger partial charge in [-0.2, -0.15) is 0 Å². The molecule has 4 atom stereocenters. The first kappa shape index (κ1) is 33.5. The van der Waals surface area contributed by atoms with Crippen molar-refractivity contribution in [2.75, 3.05) is 14.2 Å². The maximum absolute atomic E-state index is 13.3. The molecule has 0 spiro atoms. The number of nitrogens with one attached hydrogen (secondary N) is 2. The van der Waals surface area contributed by atoms with Crippen LogP contribution in [0.25, 0.3) is 35.6 Å². The van der Waals surface area contributed by atoms with Gasteiger partial charge in [-0.3, -0.25) is 9.59 Å². The number of aromatic amines is 1. The minimum atomic E-state index is -1.01. The molecule has 3 N–H and O–H groups in total. The zero-order valence-corrected chi connectivity index (χ0v) is 29.0. The van der Waals surface area contributed by atoms with E-state index in [1.54, 1.807) is 0 Å². The Morgan fingerprint density at radius 2 is 1.76 bits per heavy atom. The number of aromatic nitrogens is 3. The van der Waals surface area contributed by atoms with E-state index in [-0.39, 0.29) is 53.0 Å². The molecule has 3 aromatic rings. The summed E-state index contributed by atoms with van der Waals surface area (Å²) in [7, 11) is 2.71. The fraction of sp³-hybridized carbons (Fsp3) is 0.389. The van der Waals surface area contributed by atoms with Crippen LogP contribution in [0.3, 0.4) is 0 Å². The molecular formula is C36H40MgN4O5. The SMILES string of the molecule is C=Cc1c2[nH]c(c1C)/C=C1\NC(C3=c4[n-]c(c(C)c4=C(O)[C@@H]3C(=O)OC)/C=c3\[n-]/c(c(C)c3CC)=C\2)[C@@H](CCC(=O)OC)[C@@H]1C.[Mg+2]. The van der Waals surface area contributed by atoms with Crippen molar-refractivity contribution in [3.05, 3.63) is 78.4 Å². The molecule has 1 saturated heterocycles. The number of carbonyl (C=O) groups is 2. The van der Waals surface area contributed by atoms with Crippen LogP contribution in [0.5, 0.6) is 0 Å². The van der Waals surface area contributed by atoms with E-state index in [0.717, 1.165) is 62.0 Å². The van der Waals surface area contributed by atoms with Crippen LogP contribution in [-0.2, 0) is 25.5 Å². The third-order valence-corrected chi connectivity index (χ3v) is 10.1. The molecule has 0 radical (unpaired) electrons. The summed E-state index contributed by atoms with van der Waals surface area (Å²) in [6, 6.07) is -0.407. The molecule has 1 unspecified atom stereocenters. The average molecular weight is 633 g/mol. The maximum Gasteiger partial charge on any atom is 2.00 e. The number of esters is 2. The van der Waals surface area contributed by atoms with Crippen LogP contribution < -0.4 is 36.6 Å². The number of hydrogen-bond donors (Lipinski definition) is 3. The van der Waals surface area contributed by atoms with E-state index in [1.807, 2.05) is 19.1 Å².